The molecule has 1 heterocycles. The van der Waals surface area contributed by atoms with E-state index in [0.29, 0.717) is 18.6 Å². The van der Waals surface area contributed by atoms with Gasteiger partial charge in [0.2, 0.25) is 0 Å². The van der Waals surface area contributed by atoms with Crippen molar-refractivity contribution in [2.45, 2.75) is 39.2 Å². The summed E-state index contributed by atoms with van der Waals surface area (Å²) in [6, 6.07) is 4.37. The van der Waals surface area contributed by atoms with Crippen molar-refractivity contribution in [2.75, 3.05) is 13.2 Å². The Hall–Kier alpha value is -0.800. The van der Waals surface area contributed by atoms with E-state index in [1.165, 1.54) is 0 Å². The van der Waals surface area contributed by atoms with Crippen molar-refractivity contribution in [1.29, 1.82) is 0 Å². The van der Waals surface area contributed by atoms with Crippen molar-refractivity contribution >= 4 is 0 Å². The number of nitrogens with one attached hydrogen (secondary N) is 1. The molecule has 0 fully saturated rings. The first kappa shape index (κ1) is 13.3. The van der Waals surface area contributed by atoms with Crippen LogP contribution >= 0.6 is 0 Å². The van der Waals surface area contributed by atoms with Gasteiger partial charge in [-0.15, -0.1) is 0 Å². The molecule has 0 aliphatic heterocycles. The van der Waals surface area contributed by atoms with Crippen LogP contribution in [0.2, 0.25) is 0 Å². The van der Waals surface area contributed by atoms with Gasteiger partial charge in [0.1, 0.15) is 5.76 Å². The van der Waals surface area contributed by atoms with Crippen LogP contribution in [0, 0.1) is 5.92 Å². The lowest BCUT2D eigenvalue weighted by Gasteiger charge is -2.13. The van der Waals surface area contributed by atoms with Crippen LogP contribution in [0.25, 0.3) is 0 Å². The largest absolute Gasteiger partial charge is 0.469 e. The smallest absolute Gasteiger partial charge is 0.105 e. The highest BCUT2D eigenvalue weighted by Gasteiger charge is 2.05. The molecule has 0 aromatic carbocycles. The Morgan fingerprint density at radius 1 is 1.44 bits per heavy atom. The SMILES string of the molecule is CC(CO)CCCNC(C)Cc1ccco1. The van der Waals surface area contributed by atoms with Gasteiger partial charge in [-0.1, -0.05) is 6.92 Å². The summed E-state index contributed by atoms with van der Waals surface area (Å²) in [5.41, 5.74) is 0. The normalized spacial score (nSPS) is 14.9. The zero-order valence-corrected chi connectivity index (χ0v) is 10.3. The Bertz CT molecular complexity index is 259. The number of aliphatic hydroxyl groups is 1. The van der Waals surface area contributed by atoms with Gasteiger partial charge in [0.25, 0.3) is 0 Å². The fourth-order valence-electron chi connectivity index (χ4n) is 1.69. The van der Waals surface area contributed by atoms with E-state index in [2.05, 4.69) is 19.2 Å². The Morgan fingerprint density at radius 2 is 2.25 bits per heavy atom. The molecule has 0 aliphatic rings. The van der Waals surface area contributed by atoms with E-state index in [-0.39, 0.29) is 0 Å². The minimum absolute atomic E-state index is 0.294. The molecule has 2 N–H and O–H groups in total. The molecule has 0 bridgehead atoms. The predicted octanol–water partition coefficient (Wildman–Crippen LogP) is 2.21. The van der Waals surface area contributed by atoms with E-state index in [0.717, 1.165) is 31.6 Å². The van der Waals surface area contributed by atoms with Gasteiger partial charge in [-0.05, 0) is 44.4 Å². The van der Waals surface area contributed by atoms with Crippen molar-refractivity contribution in [2.24, 2.45) is 5.92 Å². The van der Waals surface area contributed by atoms with Crippen LogP contribution in [-0.4, -0.2) is 24.3 Å². The van der Waals surface area contributed by atoms with Crippen molar-refractivity contribution in [1.82, 2.24) is 5.32 Å². The first-order valence-electron chi connectivity index (χ1n) is 6.09. The number of furan rings is 1. The molecule has 0 saturated heterocycles. The van der Waals surface area contributed by atoms with Crippen molar-refractivity contribution in [3.63, 3.8) is 0 Å². The van der Waals surface area contributed by atoms with E-state index < -0.39 is 0 Å². The second-order valence-corrected chi connectivity index (χ2v) is 4.57. The third kappa shape index (κ3) is 5.33. The topological polar surface area (TPSA) is 45.4 Å². The molecule has 1 aromatic rings. The molecule has 16 heavy (non-hydrogen) atoms. The highest BCUT2D eigenvalue weighted by atomic mass is 16.3. The fraction of sp³-hybridized carbons (Fsp3) is 0.692. The molecule has 0 spiro atoms. The highest BCUT2D eigenvalue weighted by molar-refractivity contribution is 4.99. The third-order valence-corrected chi connectivity index (χ3v) is 2.77. The van der Waals surface area contributed by atoms with Gasteiger partial charge < -0.3 is 14.8 Å². The zero-order chi connectivity index (χ0) is 11.8. The maximum atomic E-state index is 8.88. The minimum atomic E-state index is 0.294. The van der Waals surface area contributed by atoms with E-state index in [1.54, 1.807) is 6.26 Å². The lowest BCUT2D eigenvalue weighted by Crippen LogP contribution is -2.29. The van der Waals surface area contributed by atoms with E-state index in [1.807, 2.05) is 12.1 Å². The molecule has 0 amide bonds. The third-order valence-electron chi connectivity index (χ3n) is 2.77. The Morgan fingerprint density at radius 3 is 2.88 bits per heavy atom. The molecule has 92 valence electrons. The van der Waals surface area contributed by atoms with Gasteiger partial charge in [-0.25, -0.2) is 0 Å². The second kappa shape index (κ2) is 7.47. The summed E-state index contributed by atoms with van der Waals surface area (Å²) in [5.74, 6) is 1.45. The van der Waals surface area contributed by atoms with Gasteiger partial charge in [-0.2, -0.15) is 0 Å². The molecule has 3 heteroatoms. The van der Waals surface area contributed by atoms with Gasteiger partial charge >= 0.3 is 0 Å². The molecule has 1 rings (SSSR count). The van der Waals surface area contributed by atoms with Crippen LogP contribution in [0.3, 0.4) is 0 Å². The zero-order valence-electron chi connectivity index (χ0n) is 10.3. The molecule has 0 radical (unpaired) electrons. The average molecular weight is 225 g/mol. The molecule has 2 unspecified atom stereocenters. The van der Waals surface area contributed by atoms with Crippen LogP contribution in [-0.2, 0) is 6.42 Å². The second-order valence-electron chi connectivity index (χ2n) is 4.57. The van der Waals surface area contributed by atoms with Gasteiger partial charge in [0.15, 0.2) is 0 Å². The molecule has 3 nitrogen and oxygen atoms in total. The molecule has 1 aromatic heterocycles. The van der Waals surface area contributed by atoms with Crippen LogP contribution in [0.15, 0.2) is 22.8 Å². The van der Waals surface area contributed by atoms with Crippen LogP contribution in [0.4, 0.5) is 0 Å². The van der Waals surface area contributed by atoms with Crippen LogP contribution in [0.1, 0.15) is 32.4 Å². The fourth-order valence-corrected chi connectivity index (χ4v) is 1.69. The lowest BCUT2D eigenvalue weighted by molar-refractivity contribution is 0.227. The standard InChI is InChI=1S/C13H23NO2/c1-11(10-15)5-3-7-14-12(2)9-13-6-4-8-16-13/h4,6,8,11-12,14-15H,3,5,7,9-10H2,1-2H3. The number of aliphatic hydroxyl groups excluding tert-OH is 1. The maximum Gasteiger partial charge on any atom is 0.105 e. The van der Waals surface area contributed by atoms with Gasteiger partial charge in [0, 0.05) is 19.1 Å². The van der Waals surface area contributed by atoms with Gasteiger partial charge in [-0.3, -0.25) is 0 Å². The van der Waals surface area contributed by atoms with Crippen molar-refractivity contribution < 1.29 is 9.52 Å². The molecular weight excluding hydrogens is 202 g/mol. The quantitative estimate of drug-likeness (QED) is 0.667. The van der Waals surface area contributed by atoms with E-state index in [4.69, 9.17) is 9.52 Å². The summed E-state index contributed by atoms with van der Waals surface area (Å²) in [5, 5.41) is 12.3. The number of rotatable bonds is 8. The van der Waals surface area contributed by atoms with E-state index in [9.17, 15) is 0 Å². The summed E-state index contributed by atoms with van der Waals surface area (Å²) in [7, 11) is 0. The molecule has 2 atom stereocenters. The summed E-state index contributed by atoms with van der Waals surface area (Å²) >= 11 is 0. The molecular formula is C13H23NO2. The Labute approximate surface area is 97.9 Å². The predicted molar refractivity (Wildman–Crippen MR) is 65.4 cm³/mol. The van der Waals surface area contributed by atoms with Crippen molar-refractivity contribution in [3.8, 4) is 0 Å². The van der Waals surface area contributed by atoms with Crippen molar-refractivity contribution in [3.05, 3.63) is 24.2 Å². The molecule has 0 saturated carbocycles. The number of hydrogen-bond donors (Lipinski definition) is 2. The summed E-state index contributed by atoms with van der Waals surface area (Å²) in [4.78, 5) is 0. The first-order valence-corrected chi connectivity index (χ1v) is 6.09. The maximum absolute atomic E-state index is 8.88. The van der Waals surface area contributed by atoms with E-state index >= 15 is 0 Å². The number of hydrogen-bond acceptors (Lipinski definition) is 3. The first-order chi connectivity index (χ1) is 7.72. The molecule has 0 aliphatic carbocycles. The summed E-state index contributed by atoms with van der Waals surface area (Å²) < 4.78 is 5.29. The highest BCUT2D eigenvalue weighted by Crippen LogP contribution is 2.05. The average Bonchev–Trinajstić information content (AvgIpc) is 2.76. The van der Waals surface area contributed by atoms with Gasteiger partial charge in [0.05, 0.1) is 6.26 Å². The Kier molecular flexibility index (Phi) is 6.19. The summed E-state index contributed by atoms with van der Waals surface area (Å²) in [6.45, 7) is 5.54. The lowest BCUT2D eigenvalue weighted by atomic mass is 10.1. The van der Waals surface area contributed by atoms with Crippen LogP contribution in [0.5, 0.6) is 0 Å². The Balaban J connectivity index is 2.04. The summed E-state index contributed by atoms with van der Waals surface area (Å²) in [6.07, 6.45) is 4.84. The monoisotopic (exact) mass is 225 g/mol. The minimum Gasteiger partial charge on any atom is -0.469 e. The van der Waals surface area contributed by atoms with Crippen LogP contribution < -0.4 is 5.32 Å².